The van der Waals surface area contributed by atoms with Crippen molar-refractivity contribution in [2.75, 3.05) is 17.5 Å². The van der Waals surface area contributed by atoms with Crippen LogP contribution in [0.3, 0.4) is 0 Å². The van der Waals surface area contributed by atoms with Crippen LogP contribution in [0.5, 0.6) is 5.75 Å². The number of hydrogen-bond donors (Lipinski definition) is 2. The van der Waals surface area contributed by atoms with E-state index in [1.54, 1.807) is 24.3 Å². The van der Waals surface area contributed by atoms with Crippen LogP contribution in [0.25, 0.3) is 11.1 Å². The Balaban J connectivity index is 2.14. The number of hydrogen-bond acceptors (Lipinski definition) is 5. The summed E-state index contributed by atoms with van der Waals surface area (Å²) in [4.78, 5) is 15.9. The van der Waals surface area contributed by atoms with Crippen molar-refractivity contribution in [2.24, 2.45) is 0 Å². The number of hydroxylamine groups is 1. The van der Waals surface area contributed by atoms with E-state index in [1.165, 1.54) is 31.6 Å². The standard InChI is InChI=1S/C17H14F2N2O4/c1-24-12-4-2-10(3-5-12)13-8-11(16(22)23)9-14-15(13)20-6-7-21(14)25-17(18)19/h2-9,17,20H,1H3,(H,22,23). The van der Waals surface area contributed by atoms with Crippen molar-refractivity contribution < 1.29 is 28.3 Å². The molecule has 0 saturated carbocycles. The van der Waals surface area contributed by atoms with Crippen LogP contribution in [0.1, 0.15) is 10.4 Å². The normalized spacial score (nSPS) is 12.7. The third kappa shape index (κ3) is 3.38. The van der Waals surface area contributed by atoms with Crippen LogP contribution in [-0.2, 0) is 4.84 Å². The van der Waals surface area contributed by atoms with Gasteiger partial charge in [0.2, 0.25) is 0 Å². The highest BCUT2D eigenvalue weighted by atomic mass is 19.3. The molecule has 0 saturated heterocycles. The molecule has 8 heteroatoms. The number of benzene rings is 2. The number of nitrogens with zero attached hydrogens (tertiary/aromatic N) is 1. The second kappa shape index (κ2) is 6.78. The van der Waals surface area contributed by atoms with Crippen LogP contribution in [-0.4, -0.2) is 24.8 Å². The average Bonchev–Trinajstić information content (AvgIpc) is 2.60. The number of fused-ring (bicyclic) bond motifs is 1. The number of rotatable bonds is 5. The van der Waals surface area contributed by atoms with Crippen molar-refractivity contribution in [1.82, 2.24) is 0 Å². The highest BCUT2D eigenvalue weighted by Gasteiger charge is 2.23. The molecule has 0 atom stereocenters. The van der Waals surface area contributed by atoms with Crippen molar-refractivity contribution in [3.63, 3.8) is 0 Å². The quantitative estimate of drug-likeness (QED) is 0.853. The summed E-state index contributed by atoms with van der Waals surface area (Å²) in [7, 11) is 1.54. The lowest BCUT2D eigenvalue weighted by Gasteiger charge is -2.27. The molecule has 6 nitrogen and oxygen atoms in total. The van der Waals surface area contributed by atoms with E-state index in [1.807, 2.05) is 0 Å². The molecule has 0 spiro atoms. The van der Waals surface area contributed by atoms with Crippen LogP contribution in [0.15, 0.2) is 48.8 Å². The minimum Gasteiger partial charge on any atom is -0.497 e. The summed E-state index contributed by atoms with van der Waals surface area (Å²) < 4.78 is 30.4. The molecule has 1 aliphatic rings. The summed E-state index contributed by atoms with van der Waals surface area (Å²) in [6.07, 6.45) is 2.68. The molecule has 0 radical (unpaired) electrons. The molecule has 2 aromatic carbocycles. The first-order valence-electron chi connectivity index (χ1n) is 7.22. The van der Waals surface area contributed by atoms with Crippen molar-refractivity contribution in [1.29, 1.82) is 0 Å². The van der Waals surface area contributed by atoms with Crippen LogP contribution in [0.4, 0.5) is 20.2 Å². The van der Waals surface area contributed by atoms with Gasteiger partial charge in [0.1, 0.15) is 5.75 Å². The number of methoxy groups -OCH3 is 1. The van der Waals surface area contributed by atoms with Crippen molar-refractivity contribution in [3.8, 4) is 16.9 Å². The summed E-state index contributed by atoms with van der Waals surface area (Å²) in [5, 5.41) is 13.1. The fourth-order valence-electron chi connectivity index (χ4n) is 2.52. The van der Waals surface area contributed by atoms with Gasteiger partial charge in [-0.2, -0.15) is 13.6 Å². The molecule has 1 aliphatic heterocycles. The Kier molecular flexibility index (Phi) is 4.53. The number of halogens is 2. The highest BCUT2D eigenvalue weighted by molar-refractivity contribution is 5.98. The van der Waals surface area contributed by atoms with Crippen LogP contribution < -0.4 is 15.1 Å². The zero-order valence-corrected chi connectivity index (χ0v) is 13.1. The Bertz CT molecular complexity index is 822. The van der Waals surface area contributed by atoms with E-state index in [0.717, 1.165) is 5.06 Å². The zero-order chi connectivity index (χ0) is 18.0. The molecular formula is C17H14F2N2O4. The van der Waals surface area contributed by atoms with Gasteiger partial charge in [-0.1, -0.05) is 12.1 Å². The number of nitrogens with one attached hydrogen (secondary N) is 1. The molecular weight excluding hydrogens is 334 g/mol. The SMILES string of the molecule is COc1ccc(-c2cc(C(=O)O)cc3c2NC=CN3OC(F)F)cc1. The number of aromatic carboxylic acids is 1. The van der Waals surface area contributed by atoms with Crippen molar-refractivity contribution in [3.05, 3.63) is 54.4 Å². The summed E-state index contributed by atoms with van der Waals surface area (Å²) >= 11 is 0. The molecule has 0 bridgehead atoms. The van der Waals surface area contributed by atoms with E-state index in [-0.39, 0.29) is 11.3 Å². The van der Waals surface area contributed by atoms with Crippen LogP contribution in [0, 0.1) is 0 Å². The van der Waals surface area contributed by atoms with Crippen molar-refractivity contribution >= 4 is 17.3 Å². The maximum atomic E-state index is 12.6. The zero-order valence-electron chi connectivity index (χ0n) is 13.1. The summed E-state index contributed by atoms with van der Waals surface area (Å²) in [6.45, 7) is -3.05. The summed E-state index contributed by atoms with van der Waals surface area (Å²) in [6, 6.07) is 9.68. The average molecular weight is 348 g/mol. The Morgan fingerprint density at radius 3 is 2.56 bits per heavy atom. The molecule has 0 unspecified atom stereocenters. The fraction of sp³-hybridized carbons (Fsp3) is 0.118. The Morgan fingerprint density at radius 1 is 1.24 bits per heavy atom. The molecule has 0 fully saturated rings. The third-order valence-corrected chi connectivity index (χ3v) is 3.63. The highest BCUT2D eigenvalue weighted by Crippen LogP contribution is 2.40. The predicted octanol–water partition coefficient (Wildman–Crippen LogP) is 3.92. The van der Waals surface area contributed by atoms with Gasteiger partial charge in [0.25, 0.3) is 0 Å². The molecule has 1 heterocycles. The van der Waals surface area contributed by atoms with Gasteiger partial charge in [0.05, 0.1) is 24.0 Å². The third-order valence-electron chi connectivity index (χ3n) is 3.63. The largest absolute Gasteiger partial charge is 0.497 e. The number of carboxylic acids is 1. The number of anilines is 2. The second-order valence-electron chi connectivity index (χ2n) is 5.10. The van der Waals surface area contributed by atoms with Gasteiger partial charge in [-0.3, -0.25) is 0 Å². The second-order valence-corrected chi connectivity index (χ2v) is 5.10. The molecule has 25 heavy (non-hydrogen) atoms. The van der Waals surface area contributed by atoms with E-state index in [4.69, 9.17) is 4.74 Å². The Labute approximate surface area is 141 Å². The van der Waals surface area contributed by atoms with Crippen LogP contribution in [0.2, 0.25) is 0 Å². The predicted molar refractivity (Wildman–Crippen MR) is 87.7 cm³/mol. The maximum absolute atomic E-state index is 12.6. The lowest BCUT2D eigenvalue weighted by atomic mass is 9.98. The minimum atomic E-state index is -3.05. The topological polar surface area (TPSA) is 71.0 Å². The summed E-state index contributed by atoms with van der Waals surface area (Å²) in [5.74, 6) is -0.536. The van der Waals surface area contributed by atoms with Gasteiger partial charge < -0.3 is 15.2 Å². The lowest BCUT2D eigenvalue weighted by molar-refractivity contribution is -0.131. The Morgan fingerprint density at radius 2 is 1.96 bits per heavy atom. The number of alkyl halides is 2. The van der Waals surface area contributed by atoms with Gasteiger partial charge in [-0.05, 0) is 29.8 Å². The molecule has 0 amide bonds. The molecule has 0 aliphatic carbocycles. The monoisotopic (exact) mass is 348 g/mol. The molecule has 130 valence electrons. The first-order chi connectivity index (χ1) is 12.0. The van der Waals surface area contributed by atoms with E-state index in [9.17, 15) is 18.7 Å². The van der Waals surface area contributed by atoms with E-state index < -0.39 is 12.6 Å². The van der Waals surface area contributed by atoms with Gasteiger partial charge in [0.15, 0.2) is 0 Å². The molecule has 2 N–H and O–H groups in total. The number of carboxylic acid groups (broad SMARTS) is 1. The first kappa shape index (κ1) is 16.7. The minimum absolute atomic E-state index is 0.0514. The van der Waals surface area contributed by atoms with Gasteiger partial charge in [-0.15, -0.1) is 0 Å². The molecule has 0 aromatic heterocycles. The fourth-order valence-corrected chi connectivity index (χ4v) is 2.52. The van der Waals surface area contributed by atoms with Crippen molar-refractivity contribution in [2.45, 2.75) is 6.61 Å². The van der Waals surface area contributed by atoms with Gasteiger partial charge in [0, 0.05) is 18.0 Å². The first-order valence-corrected chi connectivity index (χ1v) is 7.22. The lowest BCUT2D eigenvalue weighted by Crippen LogP contribution is -2.24. The van der Waals surface area contributed by atoms with E-state index in [2.05, 4.69) is 10.2 Å². The van der Waals surface area contributed by atoms with Gasteiger partial charge >= 0.3 is 12.6 Å². The molecule has 3 rings (SSSR count). The van der Waals surface area contributed by atoms with Gasteiger partial charge in [-0.25, -0.2) is 9.86 Å². The van der Waals surface area contributed by atoms with E-state index >= 15 is 0 Å². The van der Waals surface area contributed by atoms with E-state index in [0.29, 0.717) is 22.6 Å². The molecule has 2 aromatic rings. The number of carbonyl (C=O) groups is 1. The number of ether oxygens (including phenoxy) is 1. The van der Waals surface area contributed by atoms with Crippen LogP contribution >= 0.6 is 0 Å². The summed E-state index contributed by atoms with van der Waals surface area (Å²) in [5.41, 5.74) is 1.81. The Hall–Kier alpha value is -3.13. The maximum Gasteiger partial charge on any atom is 0.365 e. The smallest absolute Gasteiger partial charge is 0.365 e.